The topological polar surface area (TPSA) is 72.8 Å². The van der Waals surface area contributed by atoms with Crippen LogP contribution < -0.4 is 4.74 Å². The summed E-state index contributed by atoms with van der Waals surface area (Å²) >= 11 is 0. The second-order valence-corrected chi connectivity index (χ2v) is 4.16. The second-order valence-electron chi connectivity index (χ2n) is 2.38. The highest BCUT2D eigenvalue weighted by atomic mass is 31.2. The van der Waals surface area contributed by atoms with Gasteiger partial charge in [0, 0.05) is 7.11 Å². The minimum Gasteiger partial charge on any atom is -0.417 e. The van der Waals surface area contributed by atoms with Gasteiger partial charge in [-0.1, -0.05) is 18.2 Å². The summed E-state index contributed by atoms with van der Waals surface area (Å²) in [6.45, 7) is 0. The van der Waals surface area contributed by atoms with Crippen LogP contribution in [0.1, 0.15) is 0 Å². The number of ether oxygens (including phenoxy) is 1. The van der Waals surface area contributed by atoms with Crippen molar-refractivity contribution in [3.8, 4) is 5.75 Å². The van der Waals surface area contributed by atoms with Crippen LogP contribution in [0, 0.1) is 0 Å². The van der Waals surface area contributed by atoms with Gasteiger partial charge < -0.3 is 14.2 Å². The van der Waals surface area contributed by atoms with Crippen LogP contribution in [0.2, 0.25) is 0 Å². The molecule has 76 valence electrons. The summed E-state index contributed by atoms with van der Waals surface area (Å²) in [7, 11) is -3.33. The van der Waals surface area contributed by atoms with Crippen molar-refractivity contribution in [1.82, 2.24) is 0 Å². The Balaban J connectivity index is 2.72. The lowest BCUT2D eigenvalue weighted by Gasteiger charge is -2.07. The van der Waals surface area contributed by atoms with E-state index in [2.05, 4.69) is 9.26 Å². The van der Waals surface area contributed by atoms with Gasteiger partial charge in [0.2, 0.25) is 0 Å². The average Bonchev–Trinajstić information content (AvgIpc) is 2.19. The lowest BCUT2D eigenvalue weighted by atomic mass is 10.3. The van der Waals surface area contributed by atoms with Gasteiger partial charge in [-0.05, 0) is 12.1 Å². The standard InChI is InChI=1S/C8H9O5P/c1-12-14(10,11)8(9)13-7-5-3-2-4-6-7/h2-6H,1H3,(H,10,11). The number of hydrogen-bond donors (Lipinski definition) is 1. The highest BCUT2D eigenvalue weighted by molar-refractivity contribution is 7.70. The molecule has 0 saturated heterocycles. The molecule has 1 atom stereocenters. The van der Waals surface area contributed by atoms with Gasteiger partial charge in [0.05, 0.1) is 0 Å². The third-order valence-corrected chi connectivity index (χ3v) is 2.47. The molecule has 1 rings (SSSR count). The largest absolute Gasteiger partial charge is 0.436 e. The number of benzene rings is 1. The van der Waals surface area contributed by atoms with Crippen molar-refractivity contribution in [3.05, 3.63) is 30.3 Å². The van der Waals surface area contributed by atoms with E-state index in [0.717, 1.165) is 7.11 Å². The van der Waals surface area contributed by atoms with E-state index in [1.807, 2.05) is 0 Å². The Kier molecular flexibility index (Phi) is 3.41. The smallest absolute Gasteiger partial charge is 0.417 e. The van der Waals surface area contributed by atoms with Gasteiger partial charge in [-0.15, -0.1) is 0 Å². The summed E-state index contributed by atoms with van der Waals surface area (Å²) in [6.07, 6.45) is 0. The van der Waals surface area contributed by atoms with Crippen LogP contribution in [-0.4, -0.2) is 17.7 Å². The molecule has 0 spiro atoms. The van der Waals surface area contributed by atoms with E-state index in [1.165, 1.54) is 12.1 Å². The fourth-order valence-corrected chi connectivity index (χ4v) is 1.09. The van der Waals surface area contributed by atoms with Gasteiger partial charge in [-0.2, -0.15) is 0 Å². The van der Waals surface area contributed by atoms with Gasteiger partial charge >= 0.3 is 13.3 Å². The van der Waals surface area contributed by atoms with E-state index in [0.29, 0.717) is 0 Å². The molecule has 14 heavy (non-hydrogen) atoms. The maximum absolute atomic E-state index is 11.0. The van der Waals surface area contributed by atoms with Crippen molar-refractivity contribution in [2.24, 2.45) is 0 Å². The SMILES string of the molecule is COP(=O)(O)C(=O)Oc1ccccc1. The van der Waals surface area contributed by atoms with Crippen molar-refractivity contribution in [1.29, 1.82) is 0 Å². The maximum Gasteiger partial charge on any atom is 0.436 e. The lowest BCUT2D eigenvalue weighted by molar-refractivity contribution is 0.209. The van der Waals surface area contributed by atoms with Crippen molar-refractivity contribution < 1.29 is 23.5 Å². The summed E-state index contributed by atoms with van der Waals surface area (Å²) in [4.78, 5) is 19.9. The molecule has 0 aromatic heterocycles. The highest BCUT2D eigenvalue weighted by Gasteiger charge is 2.31. The molecule has 0 bridgehead atoms. The minimum absolute atomic E-state index is 0.198. The van der Waals surface area contributed by atoms with Gasteiger partial charge in [0.25, 0.3) is 0 Å². The first-order chi connectivity index (χ1) is 6.56. The van der Waals surface area contributed by atoms with Gasteiger partial charge in [-0.3, -0.25) is 0 Å². The lowest BCUT2D eigenvalue weighted by Crippen LogP contribution is -2.07. The first kappa shape index (κ1) is 10.9. The third kappa shape index (κ3) is 2.67. The van der Waals surface area contributed by atoms with E-state index < -0.39 is 13.3 Å². The summed E-state index contributed by atoms with van der Waals surface area (Å²) in [6, 6.07) is 7.99. The van der Waals surface area contributed by atoms with Crippen molar-refractivity contribution >= 4 is 13.3 Å². The Bertz CT molecular complexity index is 361. The zero-order valence-corrected chi connectivity index (χ0v) is 8.31. The Morgan fingerprint density at radius 1 is 1.36 bits per heavy atom. The fraction of sp³-hybridized carbons (Fsp3) is 0.125. The van der Waals surface area contributed by atoms with Gasteiger partial charge in [0.15, 0.2) is 0 Å². The predicted molar refractivity (Wildman–Crippen MR) is 49.3 cm³/mol. The van der Waals surface area contributed by atoms with Crippen LogP contribution >= 0.6 is 7.60 Å². The molecule has 0 aliphatic rings. The molecule has 0 radical (unpaired) electrons. The van der Waals surface area contributed by atoms with E-state index in [-0.39, 0.29) is 5.75 Å². The first-order valence-corrected chi connectivity index (χ1v) is 5.30. The van der Waals surface area contributed by atoms with E-state index in [4.69, 9.17) is 4.89 Å². The van der Waals surface area contributed by atoms with Crippen molar-refractivity contribution in [3.63, 3.8) is 0 Å². The van der Waals surface area contributed by atoms with E-state index in [9.17, 15) is 9.36 Å². The molecule has 5 nitrogen and oxygen atoms in total. The van der Waals surface area contributed by atoms with Gasteiger partial charge in [-0.25, -0.2) is 9.36 Å². The summed E-state index contributed by atoms with van der Waals surface area (Å²) in [5.74, 6) is 0.198. The average molecular weight is 216 g/mol. The van der Waals surface area contributed by atoms with Crippen LogP contribution in [0.25, 0.3) is 0 Å². The molecular weight excluding hydrogens is 207 g/mol. The molecule has 1 aromatic carbocycles. The zero-order valence-electron chi connectivity index (χ0n) is 7.41. The number of carbonyl (C=O) groups excluding carboxylic acids is 1. The van der Waals surface area contributed by atoms with Crippen LogP contribution in [0.3, 0.4) is 0 Å². The molecule has 0 saturated carbocycles. The predicted octanol–water partition coefficient (Wildman–Crippen LogP) is 2.02. The molecule has 0 aliphatic heterocycles. The minimum atomic E-state index is -4.29. The third-order valence-electron chi connectivity index (χ3n) is 1.43. The Morgan fingerprint density at radius 3 is 2.43 bits per heavy atom. The summed E-state index contributed by atoms with van der Waals surface area (Å²) in [5.41, 5.74) is -1.29. The second kappa shape index (κ2) is 4.37. The Hall–Kier alpha value is -1.16. The molecule has 0 heterocycles. The molecule has 0 aliphatic carbocycles. The van der Waals surface area contributed by atoms with Gasteiger partial charge in [0.1, 0.15) is 5.75 Å². The summed E-state index contributed by atoms with van der Waals surface area (Å²) < 4.78 is 19.6. The monoisotopic (exact) mass is 216 g/mol. The van der Waals surface area contributed by atoms with Crippen molar-refractivity contribution in [2.75, 3.05) is 7.11 Å². The van der Waals surface area contributed by atoms with Crippen LogP contribution in [0.5, 0.6) is 5.75 Å². The molecule has 1 aromatic rings. The van der Waals surface area contributed by atoms with E-state index >= 15 is 0 Å². The number of carbonyl (C=O) groups is 1. The highest BCUT2D eigenvalue weighted by Crippen LogP contribution is 2.42. The maximum atomic E-state index is 11.0. The number of para-hydroxylation sites is 1. The van der Waals surface area contributed by atoms with Crippen LogP contribution in [-0.2, 0) is 9.09 Å². The molecule has 0 amide bonds. The molecular formula is C8H9O5P. The quantitative estimate of drug-likeness (QED) is 0.782. The van der Waals surface area contributed by atoms with Crippen LogP contribution in [0.15, 0.2) is 30.3 Å². The molecule has 1 N–H and O–H groups in total. The van der Waals surface area contributed by atoms with E-state index in [1.54, 1.807) is 18.2 Å². The summed E-state index contributed by atoms with van der Waals surface area (Å²) in [5, 5.41) is 0. The number of rotatable bonds is 3. The Morgan fingerprint density at radius 2 is 1.93 bits per heavy atom. The Labute approximate surface area is 80.8 Å². The molecule has 1 unspecified atom stereocenters. The van der Waals surface area contributed by atoms with Crippen LogP contribution in [0.4, 0.5) is 4.79 Å². The van der Waals surface area contributed by atoms with Crippen molar-refractivity contribution in [2.45, 2.75) is 0 Å². The molecule has 6 heteroatoms. The molecule has 0 fully saturated rings. The fourth-order valence-electron chi connectivity index (χ4n) is 0.722. The number of hydrogen-bond acceptors (Lipinski definition) is 4. The zero-order chi connectivity index (χ0) is 10.6. The normalized spacial score (nSPS) is 14.4. The first-order valence-electron chi connectivity index (χ1n) is 3.72.